The first-order valence-corrected chi connectivity index (χ1v) is 7.90. The van der Waals surface area contributed by atoms with Gasteiger partial charge in [-0.3, -0.25) is 4.79 Å². The zero-order valence-electron chi connectivity index (χ0n) is 12.1. The summed E-state index contributed by atoms with van der Waals surface area (Å²) in [4.78, 5) is 13.5. The maximum atomic E-state index is 11.2. The molecule has 1 atom stereocenters. The van der Waals surface area contributed by atoms with Crippen molar-refractivity contribution in [1.82, 2.24) is 10.6 Å². The molecule has 1 aromatic rings. The van der Waals surface area contributed by atoms with Crippen LogP contribution in [-0.2, 0) is 11.3 Å². The van der Waals surface area contributed by atoms with E-state index in [4.69, 9.17) is 0 Å². The minimum absolute atomic E-state index is 0.0560. The highest BCUT2D eigenvalue weighted by molar-refractivity contribution is 9.10. The number of halogens is 1. The molecule has 1 aromatic carbocycles. The molecule has 0 saturated carbocycles. The van der Waals surface area contributed by atoms with E-state index in [1.807, 2.05) is 0 Å². The molecule has 1 amide bonds. The second-order valence-electron chi connectivity index (χ2n) is 5.19. The summed E-state index contributed by atoms with van der Waals surface area (Å²) in [5.74, 6) is 0.0560. The second kappa shape index (κ2) is 7.09. The van der Waals surface area contributed by atoms with Crippen molar-refractivity contribution in [3.8, 4) is 0 Å². The zero-order chi connectivity index (χ0) is 14.5. The minimum atomic E-state index is 0.0560. The summed E-state index contributed by atoms with van der Waals surface area (Å²) in [6.07, 6.45) is 1.01. The third-order valence-electron chi connectivity index (χ3n) is 3.54. The van der Waals surface area contributed by atoms with Gasteiger partial charge in [0.15, 0.2) is 0 Å². The summed E-state index contributed by atoms with van der Waals surface area (Å²) in [7, 11) is 0. The number of hydrogen-bond donors (Lipinski definition) is 2. The van der Waals surface area contributed by atoms with Crippen LogP contribution in [-0.4, -0.2) is 31.6 Å². The largest absolute Gasteiger partial charge is 0.369 e. The molecule has 2 N–H and O–H groups in total. The Balaban J connectivity index is 2.10. The highest BCUT2D eigenvalue weighted by Gasteiger charge is 2.24. The number of nitrogens with zero attached hydrogens (tertiary/aromatic N) is 1. The molecule has 1 fully saturated rings. The van der Waals surface area contributed by atoms with Crippen molar-refractivity contribution < 1.29 is 4.79 Å². The third-order valence-corrected chi connectivity index (χ3v) is 4.04. The van der Waals surface area contributed by atoms with Crippen LogP contribution >= 0.6 is 15.9 Å². The van der Waals surface area contributed by atoms with Gasteiger partial charge in [0, 0.05) is 42.8 Å². The van der Waals surface area contributed by atoms with Gasteiger partial charge in [0.2, 0.25) is 5.91 Å². The van der Waals surface area contributed by atoms with Gasteiger partial charge in [-0.1, -0.05) is 22.9 Å². The standard InChI is InChI=1S/C15H22BrN3O/c1-3-17-9-12-8-13(16)4-5-15(12)19-7-6-14(10-19)18-11(2)20/h4-5,8,14,17H,3,6-7,9-10H2,1-2H3,(H,18,20). The highest BCUT2D eigenvalue weighted by atomic mass is 79.9. The smallest absolute Gasteiger partial charge is 0.217 e. The molecule has 20 heavy (non-hydrogen) atoms. The lowest BCUT2D eigenvalue weighted by Crippen LogP contribution is -2.35. The minimum Gasteiger partial charge on any atom is -0.369 e. The summed E-state index contributed by atoms with van der Waals surface area (Å²) < 4.78 is 1.10. The van der Waals surface area contributed by atoms with Crippen LogP contribution in [0, 0.1) is 0 Å². The van der Waals surface area contributed by atoms with Crippen molar-refractivity contribution in [1.29, 1.82) is 0 Å². The van der Waals surface area contributed by atoms with Gasteiger partial charge >= 0.3 is 0 Å². The molecule has 1 heterocycles. The highest BCUT2D eigenvalue weighted by Crippen LogP contribution is 2.27. The SMILES string of the molecule is CCNCc1cc(Br)ccc1N1CCC(NC(C)=O)C1. The Labute approximate surface area is 129 Å². The summed E-state index contributed by atoms with van der Waals surface area (Å²) in [6, 6.07) is 6.68. The van der Waals surface area contributed by atoms with E-state index in [0.717, 1.165) is 37.1 Å². The molecule has 110 valence electrons. The van der Waals surface area contributed by atoms with E-state index in [1.54, 1.807) is 6.92 Å². The van der Waals surface area contributed by atoms with Crippen LogP contribution in [0.5, 0.6) is 0 Å². The number of anilines is 1. The normalized spacial score (nSPS) is 18.4. The van der Waals surface area contributed by atoms with Crippen LogP contribution in [0.4, 0.5) is 5.69 Å². The molecule has 5 heteroatoms. The van der Waals surface area contributed by atoms with Crippen LogP contribution in [0.15, 0.2) is 22.7 Å². The molecule has 0 radical (unpaired) electrons. The summed E-state index contributed by atoms with van der Waals surface area (Å²) in [5, 5.41) is 6.39. The van der Waals surface area contributed by atoms with Crippen LogP contribution in [0.3, 0.4) is 0 Å². The number of benzene rings is 1. The molecule has 0 spiro atoms. The fourth-order valence-corrected chi connectivity index (χ4v) is 3.06. The first kappa shape index (κ1) is 15.3. The Hall–Kier alpha value is -1.07. The van der Waals surface area contributed by atoms with Crippen LogP contribution in [0.2, 0.25) is 0 Å². The lowest BCUT2D eigenvalue weighted by molar-refractivity contribution is -0.119. The second-order valence-corrected chi connectivity index (χ2v) is 6.10. The topological polar surface area (TPSA) is 44.4 Å². The third kappa shape index (κ3) is 3.96. The van der Waals surface area contributed by atoms with Crippen molar-refractivity contribution in [2.45, 2.75) is 32.9 Å². The van der Waals surface area contributed by atoms with Crippen molar-refractivity contribution in [2.24, 2.45) is 0 Å². The fraction of sp³-hybridized carbons (Fsp3) is 0.533. The van der Waals surface area contributed by atoms with Gasteiger partial charge in [-0.25, -0.2) is 0 Å². The Morgan fingerprint density at radius 3 is 3.00 bits per heavy atom. The van der Waals surface area contributed by atoms with Gasteiger partial charge in [0.1, 0.15) is 0 Å². The first-order valence-electron chi connectivity index (χ1n) is 7.11. The van der Waals surface area contributed by atoms with Crippen LogP contribution < -0.4 is 15.5 Å². The number of carbonyl (C=O) groups excluding carboxylic acids is 1. The molecule has 1 aliphatic heterocycles. The zero-order valence-corrected chi connectivity index (χ0v) is 13.7. The van der Waals surface area contributed by atoms with Gasteiger partial charge < -0.3 is 15.5 Å². The van der Waals surface area contributed by atoms with Gasteiger partial charge in [-0.2, -0.15) is 0 Å². The van der Waals surface area contributed by atoms with Crippen LogP contribution in [0.25, 0.3) is 0 Å². The predicted octanol–water partition coefficient (Wildman–Crippen LogP) is 2.27. The maximum absolute atomic E-state index is 11.2. The number of amides is 1. The van der Waals surface area contributed by atoms with Gasteiger partial charge in [-0.05, 0) is 36.7 Å². The lowest BCUT2D eigenvalue weighted by Gasteiger charge is -2.22. The predicted molar refractivity (Wildman–Crippen MR) is 86.0 cm³/mol. The molecule has 0 bridgehead atoms. The maximum Gasteiger partial charge on any atom is 0.217 e. The molecular weight excluding hydrogens is 318 g/mol. The summed E-state index contributed by atoms with van der Waals surface area (Å²) in [6.45, 7) is 7.40. The summed E-state index contributed by atoms with van der Waals surface area (Å²) >= 11 is 3.54. The van der Waals surface area contributed by atoms with Crippen molar-refractivity contribution in [3.05, 3.63) is 28.2 Å². The molecular formula is C15H22BrN3O. The van der Waals surface area contributed by atoms with Crippen molar-refractivity contribution >= 4 is 27.5 Å². The Morgan fingerprint density at radius 1 is 1.50 bits per heavy atom. The Kier molecular flexibility index (Phi) is 5.43. The van der Waals surface area contributed by atoms with E-state index < -0.39 is 0 Å². The fourth-order valence-electron chi connectivity index (χ4n) is 2.65. The van der Waals surface area contributed by atoms with Gasteiger partial charge in [0.05, 0.1) is 0 Å². The molecule has 4 nitrogen and oxygen atoms in total. The molecule has 0 aromatic heterocycles. The Morgan fingerprint density at radius 2 is 2.30 bits per heavy atom. The van der Waals surface area contributed by atoms with Gasteiger partial charge in [-0.15, -0.1) is 0 Å². The van der Waals surface area contributed by atoms with E-state index in [1.165, 1.54) is 11.3 Å². The number of nitrogens with one attached hydrogen (secondary N) is 2. The van der Waals surface area contributed by atoms with E-state index >= 15 is 0 Å². The lowest BCUT2D eigenvalue weighted by atomic mass is 10.1. The number of hydrogen-bond acceptors (Lipinski definition) is 3. The van der Waals surface area contributed by atoms with E-state index in [-0.39, 0.29) is 11.9 Å². The van der Waals surface area contributed by atoms with E-state index in [0.29, 0.717) is 0 Å². The molecule has 1 unspecified atom stereocenters. The molecule has 0 aliphatic carbocycles. The Bertz CT molecular complexity index is 478. The quantitative estimate of drug-likeness (QED) is 0.864. The van der Waals surface area contributed by atoms with Crippen molar-refractivity contribution in [2.75, 3.05) is 24.5 Å². The van der Waals surface area contributed by atoms with E-state index in [9.17, 15) is 4.79 Å². The van der Waals surface area contributed by atoms with E-state index in [2.05, 4.69) is 56.6 Å². The average molecular weight is 340 g/mol. The number of rotatable bonds is 5. The summed E-state index contributed by atoms with van der Waals surface area (Å²) in [5.41, 5.74) is 2.56. The molecule has 1 saturated heterocycles. The first-order chi connectivity index (χ1) is 9.60. The molecule has 2 rings (SSSR count). The van der Waals surface area contributed by atoms with Gasteiger partial charge in [0.25, 0.3) is 0 Å². The molecule has 1 aliphatic rings. The van der Waals surface area contributed by atoms with Crippen LogP contribution in [0.1, 0.15) is 25.8 Å². The van der Waals surface area contributed by atoms with Crippen molar-refractivity contribution in [3.63, 3.8) is 0 Å². The monoisotopic (exact) mass is 339 g/mol. The average Bonchev–Trinajstić information content (AvgIpc) is 2.83. The number of carbonyl (C=O) groups is 1.